The monoisotopic (exact) mass is 552 g/mol. The summed E-state index contributed by atoms with van der Waals surface area (Å²) in [6, 6.07) is 3.89. The van der Waals surface area contributed by atoms with Crippen LogP contribution in [-0.2, 0) is 16.0 Å². The fourth-order valence-electron chi connectivity index (χ4n) is 4.71. The van der Waals surface area contributed by atoms with E-state index in [1.807, 2.05) is 12.1 Å². The Hall–Kier alpha value is -3.68. The van der Waals surface area contributed by atoms with Gasteiger partial charge in [0.1, 0.15) is 10.7 Å². The van der Waals surface area contributed by atoms with Gasteiger partial charge in [-0.1, -0.05) is 0 Å². The zero-order valence-corrected chi connectivity index (χ0v) is 22.4. The Bertz CT molecular complexity index is 1330. The van der Waals surface area contributed by atoms with E-state index in [0.29, 0.717) is 49.8 Å². The summed E-state index contributed by atoms with van der Waals surface area (Å²) in [6.45, 7) is 2.56. The predicted octanol–water partition coefficient (Wildman–Crippen LogP) is 1.86. The maximum atomic E-state index is 13.2. The third kappa shape index (κ3) is 6.49. The number of ether oxygens (including phenoxy) is 1. The summed E-state index contributed by atoms with van der Waals surface area (Å²) < 4.78 is 7.20. The van der Waals surface area contributed by atoms with Crippen LogP contribution in [0.25, 0.3) is 10.6 Å². The van der Waals surface area contributed by atoms with Crippen LogP contribution in [0.3, 0.4) is 0 Å². The molecule has 206 valence electrons. The van der Waals surface area contributed by atoms with Crippen molar-refractivity contribution in [3.63, 3.8) is 0 Å². The van der Waals surface area contributed by atoms with Gasteiger partial charge in [-0.25, -0.2) is 4.98 Å². The lowest BCUT2D eigenvalue weighted by molar-refractivity contribution is -0.131. The Balaban J connectivity index is 1.46. The van der Waals surface area contributed by atoms with Gasteiger partial charge in [0.25, 0.3) is 11.8 Å². The van der Waals surface area contributed by atoms with Crippen molar-refractivity contribution in [2.45, 2.75) is 38.1 Å². The van der Waals surface area contributed by atoms with Crippen LogP contribution >= 0.6 is 11.3 Å². The SMILES string of the molecule is NCCC(=O)N1CCCc2cc(ccn2)-c2nc(cs2)C(=O)Nc2cn(C3CCOCC3)nc2C(=O)NCC1. The highest BCUT2D eigenvalue weighted by Gasteiger charge is 2.25. The molecule has 0 aliphatic carbocycles. The minimum Gasteiger partial charge on any atom is -0.381 e. The first-order chi connectivity index (χ1) is 19.0. The Morgan fingerprint density at radius 2 is 2.05 bits per heavy atom. The van der Waals surface area contributed by atoms with Crippen LogP contribution < -0.4 is 16.4 Å². The quantitative estimate of drug-likeness (QED) is 0.444. The number of anilines is 1. The minimum atomic E-state index is -0.429. The van der Waals surface area contributed by atoms with Crippen molar-refractivity contribution in [3.8, 4) is 10.6 Å². The number of thiazole rings is 1. The molecule has 4 bridgehead atoms. The summed E-state index contributed by atoms with van der Waals surface area (Å²) in [6.07, 6.45) is 6.55. The third-order valence-corrected chi connectivity index (χ3v) is 7.69. The lowest BCUT2D eigenvalue weighted by Gasteiger charge is -2.23. The maximum Gasteiger partial charge on any atom is 0.275 e. The molecule has 0 spiro atoms. The van der Waals surface area contributed by atoms with Crippen molar-refractivity contribution < 1.29 is 19.1 Å². The molecular formula is C26H32N8O4S. The Morgan fingerprint density at radius 1 is 1.21 bits per heavy atom. The molecule has 39 heavy (non-hydrogen) atoms. The van der Waals surface area contributed by atoms with E-state index in [1.165, 1.54) is 11.3 Å². The normalized spacial score (nSPS) is 17.5. The van der Waals surface area contributed by atoms with Crippen molar-refractivity contribution in [2.75, 3.05) is 44.7 Å². The molecule has 0 radical (unpaired) electrons. The van der Waals surface area contributed by atoms with E-state index in [1.54, 1.807) is 27.4 Å². The van der Waals surface area contributed by atoms with E-state index in [9.17, 15) is 14.4 Å². The first-order valence-corrected chi connectivity index (χ1v) is 14.0. The number of carbonyl (C=O) groups excluding carboxylic acids is 3. The van der Waals surface area contributed by atoms with Crippen molar-refractivity contribution in [2.24, 2.45) is 5.73 Å². The lowest BCUT2D eigenvalue weighted by atomic mass is 10.1. The molecule has 2 aliphatic heterocycles. The number of amides is 3. The fraction of sp³-hybridized carbons (Fsp3) is 0.462. The number of fused-ring (bicyclic) bond motifs is 6. The summed E-state index contributed by atoms with van der Waals surface area (Å²) in [5.74, 6) is -0.913. The molecule has 4 N–H and O–H groups in total. The van der Waals surface area contributed by atoms with Gasteiger partial charge < -0.3 is 26.0 Å². The van der Waals surface area contributed by atoms with Gasteiger partial charge in [-0.3, -0.25) is 24.0 Å². The molecule has 1 fully saturated rings. The number of hydrogen-bond donors (Lipinski definition) is 3. The van der Waals surface area contributed by atoms with Crippen molar-refractivity contribution >= 4 is 34.7 Å². The number of carbonyl (C=O) groups is 3. The molecule has 3 aromatic heterocycles. The zero-order chi connectivity index (χ0) is 27.2. The van der Waals surface area contributed by atoms with Gasteiger partial charge in [-0.05, 0) is 37.8 Å². The summed E-state index contributed by atoms with van der Waals surface area (Å²) in [5.41, 5.74) is 8.05. The van der Waals surface area contributed by atoms with Gasteiger partial charge in [0.05, 0.1) is 11.7 Å². The number of pyridine rings is 1. The highest BCUT2D eigenvalue weighted by Crippen LogP contribution is 2.27. The van der Waals surface area contributed by atoms with Gasteiger partial charge in [0.15, 0.2) is 5.69 Å². The molecule has 0 aromatic carbocycles. The second kappa shape index (κ2) is 12.5. The maximum absolute atomic E-state index is 13.2. The fourth-order valence-corrected chi connectivity index (χ4v) is 5.51. The molecule has 2 aliphatic rings. The molecular weight excluding hydrogens is 520 g/mol. The molecule has 0 unspecified atom stereocenters. The molecule has 1 saturated heterocycles. The van der Waals surface area contributed by atoms with Gasteiger partial charge >= 0.3 is 0 Å². The van der Waals surface area contributed by atoms with Gasteiger partial charge in [-0.15, -0.1) is 11.3 Å². The van der Waals surface area contributed by atoms with Crippen LogP contribution in [-0.4, -0.2) is 81.8 Å². The second-order valence-electron chi connectivity index (χ2n) is 9.52. The van der Waals surface area contributed by atoms with Crippen LogP contribution in [0.2, 0.25) is 0 Å². The number of aromatic nitrogens is 4. The smallest absolute Gasteiger partial charge is 0.275 e. The molecule has 12 nitrogen and oxygen atoms in total. The minimum absolute atomic E-state index is 0.0603. The number of rotatable bonds is 3. The lowest BCUT2D eigenvalue weighted by Crippen LogP contribution is -2.40. The van der Waals surface area contributed by atoms with Crippen LogP contribution in [0, 0.1) is 0 Å². The molecule has 5 rings (SSSR count). The largest absolute Gasteiger partial charge is 0.381 e. The second-order valence-corrected chi connectivity index (χ2v) is 10.4. The number of nitrogens with zero attached hydrogens (tertiary/aromatic N) is 5. The van der Waals surface area contributed by atoms with Crippen LogP contribution in [0.15, 0.2) is 29.9 Å². The molecule has 5 heterocycles. The van der Waals surface area contributed by atoms with Crippen LogP contribution in [0.4, 0.5) is 5.69 Å². The standard InChI is InChI=1S/C26H32N8O4S/c27-7-3-22(35)33-10-1-2-18-14-17(4-8-28-18)26-31-21(16-39-26)24(36)30-20-15-34(19-5-12-38-13-6-19)32-23(20)25(37)29-9-11-33/h4,8,14-16,19H,1-3,5-7,9-13,27H2,(H,29,37)(H,30,36). The highest BCUT2D eigenvalue weighted by atomic mass is 32.1. The van der Waals surface area contributed by atoms with E-state index >= 15 is 0 Å². The molecule has 13 heteroatoms. The number of nitrogens with two attached hydrogens (primary N) is 1. The number of aryl methyl sites for hydroxylation is 1. The van der Waals surface area contributed by atoms with E-state index in [2.05, 4.69) is 25.7 Å². The predicted molar refractivity (Wildman–Crippen MR) is 146 cm³/mol. The topological polar surface area (TPSA) is 157 Å². The molecule has 0 atom stereocenters. The molecule has 3 aromatic rings. The van der Waals surface area contributed by atoms with E-state index in [-0.39, 0.29) is 42.8 Å². The average molecular weight is 553 g/mol. The van der Waals surface area contributed by atoms with E-state index < -0.39 is 11.8 Å². The van der Waals surface area contributed by atoms with E-state index in [4.69, 9.17) is 10.5 Å². The molecule has 0 saturated carbocycles. The summed E-state index contributed by atoms with van der Waals surface area (Å²) in [4.78, 5) is 49.8. The van der Waals surface area contributed by atoms with Crippen molar-refractivity contribution in [1.82, 2.24) is 30.0 Å². The third-order valence-electron chi connectivity index (χ3n) is 6.80. The Kier molecular flexibility index (Phi) is 8.59. The summed E-state index contributed by atoms with van der Waals surface area (Å²) >= 11 is 1.36. The average Bonchev–Trinajstić information content (AvgIpc) is 3.61. The number of nitrogens with one attached hydrogen (secondary N) is 2. The first kappa shape index (κ1) is 26.9. The Morgan fingerprint density at radius 3 is 2.87 bits per heavy atom. The van der Waals surface area contributed by atoms with Crippen molar-refractivity contribution in [3.05, 3.63) is 47.0 Å². The van der Waals surface area contributed by atoms with E-state index in [0.717, 1.165) is 24.1 Å². The van der Waals surface area contributed by atoms with Crippen LogP contribution in [0.1, 0.15) is 58.4 Å². The van der Waals surface area contributed by atoms with Gasteiger partial charge in [0, 0.05) is 74.8 Å². The zero-order valence-electron chi connectivity index (χ0n) is 21.6. The molecule has 3 amide bonds. The summed E-state index contributed by atoms with van der Waals surface area (Å²) in [7, 11) is 0. The van der Waals surface area contributed by atoms with Gasteiger partial charge in [-0.2, -0.15) is 5.10 Å². The van der Waals surface area contributed by atoms with Crippen LogP contribution in [0.5, 0.6) is 0 Å². The Labute approximate surface area is 229 Å². The summed E-state index contributed by atoms with van der Waals surface area (Å²) in [5, 5.41) is 12.6. The van der Waals surface area contributed by atoms with Crippen molar-refractivity contribution in [1.29, 1.82) is 0 Å². The highest BCUT2D eigenvalue weighted by molar-refractivity contribution is 7.13. The van der Waals surface area contributed by atoms with Gasteiger partial charge in [0.2, 0.25) is 5.91 Å². The number of hydrogen-bond acceptors (Lipinski definition) is 9. The first-order valence-electron chi connectivity index (χ1n) is 13.2.